The number of para-hydroxylation sites is 2. The van der Waals surface area contributed by atoms with Crippen LogP contribution in [0.5, 0.6) is 0 Å². The summed E-state index contributed by atoms with van der Waals surface area (Å²) in [7, 11) is 0. The second-order valence-electron chi connectivity index (χ2n) is 6.54. The molecule has 29 heavy (non-hydrogen) atoms. The molecule has 0 heterocycles. The van der Waals surface area contributed by atoms with Gasteiger partial charge in [0.15, 0.2) is 0 Å². The third-order valence-electron chi connectivity index (χ3n) is 4.42. The maximum Gasteiger partial charge on any atom is 0.0697 e. The van der Waals surface area contributed by atoms with Crippen LogP contribution in [0, 0.1) is 0 Å². The van der Waals surface area contributed by atoms with Crippen LogP contribution in [0.4, 0.5) is 11.4 Å². The molecule has 4 aromatic rings. The summed E-state index contributed by atoms with van der Waals surface area (Å²) in [4.78, 5) is 4.92. The Labute approximate surface area is 171 Å². The Morgan fingerprint density at radius 3 is 1.62 bits per heavy atom. The van der Waals surface area contributed by atoms with Crippen molar-refractivity contribution in [2.45, 2.75) is 0 Å². The lowest BCUT2D eigenvalue weighted by Gasteiger charge is -2.27. The maximum absolute atomic E-state index is 4.92. The molecule has 0 spiro atoms. The molecule has 0 aliphatic carbocycles. The number of hydrogen-bond donors (Lipinski definition) is 0. The molecule has 0 saturated heterocycles. The molecule has 2 heteroatoms. The molecule has 0 fully saturated rings. The fourth-order valence-corrected chi connectivity index (χ4v) is 2.99. The molecule has 0 unspecified atom stereocenters. The van der Waals surface area contributed by atoms with E-state index >= 15 is 0 Å². The van der Waals surface area contributed by atoms with Crippen LogP contribution in [0.15, 0.2) is 132 Å². The van der Waals surface area contributed by atoms with E-state index in [-0.39, 0.29) is 0 Å². The largest absolute Gasteiger partial charge is 0.657 e. The zero-order chi connectivity index (χ0) is 19.7. The summed E-state index contributed by atoms with van der Waals surface area (Å²) in [5.41, 5.74) is 5.66. The quantitative estimate of drug-likeness (QED) is 0.312. The zero-order valence-electron chi connectivity index (χ0n) is 16.0. The number of aliphatic imine (C=N–C) groups is 1. The normalized spacial score (nSPS) is 11.9. The van der Waals surface area contributed by atoms with Gasteiger partial charge in [-0.15, -0.1) is 11.4 Å². The summed E-state index contributed by atoms with van der Waals surface area (Å²) in [6.07, 6.45) is 2.06. The number of allylic oxidation sites excluding steroid dienone is 1. The zero-order valence-corrected chi connectivity index (χ0v) is 16.0. The van der Waals surface area contributed by atoms with Gasteiger partial charge in [-0.2, -0.15) is 0 Å². The molecular formula is C27H21N2-. The van der Waals surface area contributed by atoms with Crippen molar-refractivity contribution in [3.8, 4) is 0 Å². The van der Waals surface area contributed by atoms with Crippen molar-refractivity contribution in [1.29, 1.82) is 0 Å². The molecule has 0 bridgehead atoms. The van der Waals surface area contributed by atoms with Crippen molar-refractivity contribution in [1.82, 2.24) is 0 Å². The number of rotatable bonds is 6. The molecule has 4 aromatic carbocycles. The van der Waals surface area contributed by atoms with Gasteiger partial charge in [-0.25, -0.2) is 4.99 Å². The van der Waals surface area contributed by atoms with Crippen LogP contribution < -0.4 is 0 Å². The third kappa shape index (κ3) is 5.08. The van der Waals surface area contributed by atoms with Crippen LogP contribution in [-0.4, -0.2) is 5.71 Å². The number of nitrogens with zero attached hydrogens (tertiary/aromatic N) is 2. The fraction of sp³-hybridized carbons (Fsp3) is 0. The predicted molar refractivity (Wildman–Crippen MR) is 123 cm³/mol. The van der Waals surface area contributed by atoms with Gasteiger partial charge >= 0.3 is 0 Å². The highest BCUT2D eigenvalue weighted by Crippen LogP contribution is 2.31. The molecule has 140 valence electrons. The van der Waals surface area contributed by atoms with E-state index in [1.54, 1.807) is 0 Å². The molecule has 0 aliphatic rings. The van der Waals surface area contributed by atoms with E-state index in [0.717, 1.165) is 33.9 Å². The highest BCUT2D eigenvalue weighted by atomic mass is 14.9. The molecule has 0 aromatic heterocycles. The fourth-order valence-electron chi connectivity index (χ4n) is 2.99. The minimum absolute atomic E-state index is 0.871. The van der Waals surface area contributed by atoms with Crippen LogP contribution in [0.25, 0.3) is 11.0 Å². The van der Waals surface area contributed by atoms with Crippen molar-refractivity contribution >= 4 is 22.8 Å². The Balaban J connectivity index is 1.82. The van der Waals surface area contributed by atoms with Gasteiger partial charge in [-0.3, -0.25) is 0 Å². The molecule has 0 atom stereocenters. The second kappa shape index (κ2) is 9.34. The lowest BCUT2D eigenvalue weighted by molar-refractivity contribution is 1.50. The number of benzene rings is 4. The standard InChI is InChI=1S/C27H21N2/c1-5-13-22(14-6-1)26(28-24-17-9-3-10-18-24)21-27(23-15-7-2-8-16-23)29-25-19-11-4-12-20-25/h1-21H/q-1/b26-21-,29-27?. The summed E-state index contributed by atoms with van der Waals surface area (Å²) in [6.45, 7) is 0. The van der Waals surface area contributed by atoms with Crippen LogP contribution >= 0.6 is 0 Å². The summed E-state index contributed by atoms with van der Waals surface area (Å²) >= 11 is 0. The van der Waals surface area contributed by atoms with Crippen LogP contribution in [0.1, 0.15) is 11.1 Å². The van der Waals surface area contributed by atoms with Crippen LogP contribution in [0.2, 0.25) is 0 Å². The SMILES string of the molecule is C(/C(=Nc1ccccc1)c1ccccc1)=C(/[N-]c1ccccc1)c1ccccc1. The third-order valence-corrected chi connectivity index (χ3v) is 4.42. The summed E-state index contributed by atoms with van der Waals surface area (Å²) < 4.78 is 0. The minimum atomic E-state index is 0.871. The van der Waals surface area contributed by atoms with Gasteiger partial charge in [0.1, 0.15) is 0 Å². The van der Waals surface area contributed by atoms with Gasteiger partial charge in [0, 0.05) is 5.56 Å². The average Bonchev–Trinajstić information content (AvgIpc) is 2.81. The van der Waals surface area contributed by atoms with E-state index in [1.807, 2.05) is 97.1 Å². The monoisotopic (exact) mass is 373 g/mol. The first-order valence-corrected chi connectivity index (χ1v) is 9.61. The van der Waals surface area contributed by atoms with Crippen molar-refractivity contribution in [2.75, 3.05) is 0 Å². The number of hydrogen-bond acceptors (Lipinski definition) is 1. The first kappa shape index (κ1) is 18.5. The van der Waals surface area contributed by atoms with Gasteiger partial charge < -0.3 is 5.32 Å². The Bertz CT molecular complexity index is 1080. The van der Waals surface area contributed by atoms with Crippen molar-refractivity contribution in [2.24, 2.45) is 4.99 Å². The maximum atomic E-state index is 4.92. The molecule has 0 amide bonds. The first-order valence-electron chi connectivity index (χ1n) is 9.61. The lowest BCUT2D eigenvalue weighted by atomic mass is 10.1. The van der Waals surface area contributed by atoms with Crippen molar-refractivity contribution in [3.05, 3.63) is 144 Å². The topological polar surface area (TPSA) is 26.5 Å². The van der Waals surface area contributed by atoms with E-state index in [4.69, 9.17) is 10.3 Å². The van der Waals surface area contributed by atoms with E-state index < -0.39 is 0 Å². The van der Waals surface area contributed by atoms with Gasteiger partial charge in [0.2, 0.25) is 0 Å². The minimum Gasteiger partial charge on any atom is -0.657 e. The van der Waals surface area contributed by atoms with Gasteiger partial charge in [0.25, 0.3) is 0 Å². The van der Waals surface area contributed by atoms with Crippen molar-refractivity contribution in [3.63, 3.8) is 0 Å². The van der Waals surface area contributed by atoms with Gasteiger partial charge in [-0.05, 0) is 23.8 Å². The molecule has 0 saturated carbocycles. The summed E-state index contributed by atoms with van der Waals surface area (Å²) in [5.74, 6) is 0. The molecule has 2 nitrogen and oxygen atoms in total. The Kier molecular flexibility index (Phi) is 5.94. The van der Waals surface area contributed by atoms with Crippen LogP contribution in [-0.2, 0) is 0 Å². The smallest absolute Gasteiger partial charge is 0.0697 e. The first-order chi connectivity index (χ1) is 14.4. The Morgan fingerprint density at radius 2 is 1.03 bits per heavy atom. The predicted octanol–water partition coefficient (Wildman–Crippen LogP) is 7.55. The Hall–Kier alpha value is -3.91. The second-order valence-corrected chi connectivity index (χ2v) is 6.54. The van der Waals surface area contributed by atoms with E-state index in [1.165, 1.54) is 0 Å². The average molecular weight is 373 g/mol. The van der Waals surface area contributed by atoms with Gasteiger partial charge in [-0.1, -0.05) is 109 Å². The van der Waals surface area contributed by atoms with Crippen molar-refractivity contribution < 1.29 is 0 Å². The summed E-state index contributed by atoms with van der Waals surface area (Å²) in [5, 5.41) is 4.92. The highest BCUT2D eigenvalue weighted by molar-refractivity contribution is 6.14. The van der Waals surface area contributed by atoms with E-state index in [9.17, 15) is 0 Å². The molecule has 4 rings (SSSR count). The molecular weight excluding hydrogens is 352 g/mol. The molecule has 0 aliphatic heterocycles. The molecule has 0 radical (unpaired) electrons. The lowest BCUT2D eigenvalue weighted by Crippen LogP contribution is -1.98. The summed E-state index contributed by atoms with van der Waals surface area (Å²) in [6, 6.07) is 40.4. The highest BCUT2D eigenvalue weighted by Gasteiger charge is 2.02. The van der Waals surface area contributed by atoms with E-state index in [0.29, 0.717) is 0 Å². The van der Waals surface area contributed by atoms with Gasteiger partial charge in [0.05, 0.1) is 11.4 Å². The van der Waals surface area contributed by atoms with E-state index in [2.05, 4.69) is 30.3 Å². The molecule has 0 N–H and O–H groups in total. The Morgan fingerprint density at radius 1 is 0.552 bits per heavy atom. The van der Waals surface area contributed by atoms with Crippen LogP contribution in [0.3, 0.4) is 0 Å².